The van der Waals surface area contributed by atoms with Crippen molar-refractivity contribution < 1.29 is 18.6 Å². The third kappa shape index (κ3) is 3.62. The summed E-state index contributed by atoms with van der Waals surface area (Å²) in [6, 6.07) is 11.0. The maximum absolute atomic E-state index is 13.1. The van der Waals surface area contributed by atoms with Crippen molar-refractivity contribution in [2.24, 2.45) is 0 Å². The van der Waals surface area contributed by atoms with Gasteiger partial charge < -0.3 is 9.84 Å². The number of hydrogen-bond acceptors (Lipinski definition) is 2. The number of methoxy groups -OCH3 is 1. The fourth-order valence-corrected chi connectivity index (χ4v) is 2.01. The molecule has 0 spiro atoms. The summed E-state index contributed by atoms with van der Waals surface area (Å²) >= 11 is 0. The Morgan fingerprint density at radius 3 is 2.25 bits per heavy atom. The molecule has 0 saturated carbocycles. The van der Waals surface area contributed by atoms with Gasteiger partial charge in [-0.2, -0.15) is 0 Å². The van der Waals surface area contributed by atoms with Crippen LogP contribution in [0.1, 0.15) is 22.8 Å². The lowest BCUT2D eigenvalue weighted by atomic mass is 10.0. The van der Waals surface area contributed by atoms with E-state index in [1.807, 2.05) is 12.1 Å². The lowest BCUT2D eigenvalue weighted by Crippen LogP contribution is -2.03. The van der Waals surface area contributed by atoms with Crippen LogP contribution in [0.5, 0.6) is 0 Å². The maximum atomic E-state index is 13.1. The van der Waals surface area contributed by atoms with Crippen LogP contribution in [0.2, 0.25) is 0 Å². The highest BCUT2D eigenvalue weighted by Gasteiger charge is 2.10. The molecule has 1 atom stereocenters. The fraction of sp³-hybridized carbons (Fsp3) is 0.250. The molecule has 0 bridgehead atoms. The number of hydrogen-bond donors (Lipinski definition) is 1. The third-order valence-corrected chi connectivity index (χ3v) is 3.09. The molecule has 1 unspecified atom stereocenters. The van der Waals surface area contributed by atoms with E-state index >= 15 is 0 Å². The largest absolute Gasteiger partial charge is 0.388 e. The second-order valence-electron chi connectivity index (χ2n) is 4.64. The van der Waals surface area contributed by atoms with Gasteiger partial charge in [0, 0.05) is 13.5 Å². The summed E-state index contributed by atoms with van der Waals surface area (Å²) in [7, 11) is 1.62. The second kappa shape index (κ2) is 6.59. The predicted molar refractivity (Wildman–Crippen MR) is 72.2 cm³/mol. The molecule has 0 aliphatic carbocycles. The molecule has 1 N–H and O–H groups in total. The van der Waals surface area contributed by atoms with E-state index in [1.165, 1.54) is 6.07 Å². The van der Waals surface area contributed by atoms with Crippen molar-refractivity contribution in [2.45, 2.75) is 19.1 Å². The van der Waals surface area contributed by atoms with E-state index < -0.39 is 17.7 Å². The smallest absolute Gasteiger partial charge is 0.159 e. The van der Waals surface area contributed by atoms with Crippen LogP contribution in [0.15, 0.2) is 42.5 Å². The summed E-state index contributed by atoms with van der Waals surface area (Å²) in [4.78, 5) is 0. The topological polar surface area (TPSA) is 29.5 Å². The first kappa shape index (κ1) is 14.6. The number of aliphatic hydroxyl groups excluding tert-OH is 1. The van der Waals surface area contributed by atoms with Gasteiger partial charge in [0.15, 0.2) is 11.6 Å². The van der Waals surface area contributed by atoms with Crippen LogP contribution in [0, 0.1) is 11.6 Å². The molecule has 2 aromatic rings. The molecular weight excluding hydrogens is 262 g/mol. The SMILES string of the molecule is COCc1ccc(C(O)Cc2ccc(F)c(F)c2)cc1. The second-order valence-corrected chi connectivity index (χ2v) is 4.64. The molecule has 0 fully saturated rings. The molecule has 0 aliphatic rings. The molecule has 0 amide bonds. The summed E-state index contributed by atoms with van der Waals surface area (Å²) < 4.78 is 30.9. The molecule has 0 radical (unpaired) electrons. The summed E-state index contributed by atoms with van der Waals surface area (Å²) in [5.74, 6) is -1.78. The van der Waals surface area contributed by atoms with Crippen LogP contribution >= 0.6 is 0 Å². The number of aliphatic hydroxyl groups is 1. The Bertz CT molecular complexity index is 567. The lowest BCUT2D eigenvalue weighted by Gasteiger charge is -2.12. The van der Waals surface area contributed by atoms with Crippen molar-refractivity contribution in [3.63, 3.8) is 0 Å². The van der Waals surface area contributed by atoms with E-state index in [2.05, 4.69) is 0 Å². The fourth-order valence-electron chi connectivity index (χ4n) is 2.01. The third-order valence-electron chi connectivity index (χ3n) is 3.09. The van der Waals surface area contributed by atoms with Crippen LogP contribution < -0.4 is 0 Å². The minimum Gasteiger partial charge on any atom is -0.388 e. The van der Waals surface area contributed by atoms with Crippen LogP contribution in [-0.2, 0) is 17.8 Å². The molecule has 0 heterocycles. The van der Waals surface area contributed by atoms with E-state index in [0.717, 1.165) is 23.3 Å². The van der Waals surface area contributed by atoms with Gasteiger partial charge >= 0.3 is 0 Å². The first-order valence-corrected chi connectivity index (χ1v) is 6.30. The number of halogens is 2. The molecule has 2 nitrogen and oxygen atoms in total. The highest BCUT2D eigenvalue weighted by molar-refractivity contribution is 5.26. The minimum atomic E-state index is -0.898. The molecule has 4 heteroatoms. The zero-order valence-electron chi connectivity index (χ0n) is 11.1. The summed E-state index contributed by atoms with van der Waals surface area (Å²) in [5, 5.41) is 10.1. The molecule has 2 rings (SSSR count). The van der Waals surface area contributed by atoms with Crippen molar-refractivity contribution in [1.29, 1.82) is 0 Å². The van der Waals surface area contributed by atoms with Crippen molar-refractivity contribution in [3.05, 3.63) is 70.8 Å². The average molecular weight is 278 g/mol. The molecule has 106 valence electrons. The van der Waals surface area contributed by atoms with Crippen molar-refractivity contribution in [3.8, 4) is 0 Å². The highest BCUT2D eigenvalue weighted by atomic mass is 19.2. The Labute approximate surface area is 116 Å². The van der Waals surface area contributed by atoms with Crippen LogP contribution in [-0.4, -0.2) is 12.2 Å². The Morgan fingerprint density at radius 1 is 1.00 bits per heavy atom. The molecule has 0 saturated heterocycles. The monoisotopic (exact) mass is 278 g/mol. The van der Waals surface area contributed by atoms with Gasteiger partial charge in [-0.15, -0.1) is 0 Å². The zero-order valence-corrected chi connectivity index (χ0v) is 11.1. The number of rotatable bonds is 5. The Morgan fingerprint density at radius 2 is 1.65 bits per heavy atom. The summed E-state index contributed by atoms with van der Waals surface area (Å²) in [6.45, 7) is 0.513. The number of ether oxygens (including phenoxy) is 1. The van der Waals surface area contributed by atoms with E-state index in [4.69, 9.17) is 4.74 Å². The first-order valence-electron chi connectivity index (χ1n) is 6.30. The molecule has 2 aromatic carbocycles. The maximum Gasteiger partial charge on any atom is 0.159 e. The van der Waals surface area contributed by atoms with Crippen LogP contribution in [0.3, 0.4) is 0 Å². The van der Waals surface area contributed by atoms with Crippen molar-refractivity contribution >= 4 is 0 Å². The first-order chi connectivity index (χ1) is 9.60. The standard InChI is InChI=1S/C16H16F2O2/c1-20-10-11-2-5-13(6-3-11)16(19)9-12-4-7-14(17)15(18)8-12/h2-8,16,19H,9-10H2,1H3. The van der Waals surface area contributed by atoms with Crippen LogP contribution in [0.4, 0.5) is 8.78 Å². The Balaban J connectivity index is 2.06. The highest BCUT2D eigenvalue weighted by Crippen LogP contribution is 2.20. The Hall–Kier alpha value is -1.78. The zero-order chi connectivity index (χ0) is 14.5. The van der Waals surface area contributed by atoms with Gasteiger partial charge in [0.2, 0.25) is 0 Å². The van der Waals surface area contributed by atoms with Gasteiger partial charge in [-0.1, -0.05) is 30.3 Å². The van der Waals surface area contributed by atoms with Crippen molar-refractivity contribution in [2.75, 3.05) is 7.11 Å². The van der Waals surface area contributed by atoms with E-state index in [1.54, 1.807) is 19.2 Å². The quantitative estimate of drug-likeness (QED) is 0.908. The summed E-state index contributed by atoms with van der Waals surface area (Å²) in [5.41, 5.74) is 2.29. The van der Waals surface area contributed by atoms with E-state index in [-0.39, 0.29) is 6.42 Å². The van der Waals surface area contributed by atoms with Gasteiger partial charge in [0.1, 0.15) is 0 Å². The van der Waals surface area contributed by atoms with Crippen molar-refractivity contribution in [1.82, 2.24) is 0 Å². The predicted octanol–water partition coefficient (Wildman–Crippen LogP) is 3.39. The van der Waals surface area contributed by atoms with E-state index in [9.17, 15) is 13.9 Å². The van der Waals surface area contributed by atoms with Gasteiger partial charge in [-0.3, -0.25) is 0 Å². The summed E-state index contributed by atoms with van der Waals surface area (Å²) in [6.07, 6.45) is -0.516. The van der Waals surface area contributed by atoms with Gasteiger partial charge in [-0.25, -0.2) is 8.78 Å². The molecular formula is C16H16F2O2. The van der Waals surface area contributed by atoms with E-state index in [0.29, 0.717) is 12.2 Å². The molecule has 20 heavy (non-hydrogen) atoms. The van der Waals surface area contributed by atoms with Crippen LogP contribution in [0.25, 0.3) is 0 Å². The van der Waals surface area contributed by atoms with Gasteiger partial charge in [0.05, 0.1) is 12.7 Å². The minimum absolute atomic E-state index is 0.237. The molecule has 0 aromatic heterocycles. The number of benzene rings is 2. The van der Waals surface area contributed by atoms with Gasteiger partial charge in [0.25, 0.3) is 0 Å². The lowest BCUT2D eigenvalue weighted by molar-refractivity contribution is 0.177. The Kier molecular flexibility index (Phi) is 4.82. The average Bonchev–Trinajstić information content (AvgIpc) is 2.44. The molecule has 0 aliphatic heterocycles. The van der Waals surface area contributed by atoms with Gasteiger partial charge in [-0.05, 0) is 28.8 Å². The normalized spacial score (nSPS) is 12.4.